The van der Waals surface area contributed by atoms with E-state index in [-0.39, 0.29) is 11.6 Å². The molecule has 80 valence electrons. The molecule has 1 heterocycles. The normalized spacial score (nSPS) is 19.9. The summed E-state index contributed by atoms with van der Waals surface area (Å²) in [6.07, 6.45) is 0. The topological polar surface area (TPSA) is 67.1 Å². The number of fused-ring (bicyclic) bond motifs is 1. The van der Waals surface area contributed by atoms with E-state index >= 15 is 0 Å². The molecule has 0 radical (unpaired) electrons. The van der Waals surface area contributed by atoms with Gasteiger partial charge in [0.15, 0.2) is 0 Å². The number of hydrogen-bond acceptors (Lipinski definition) is 3. The van der Waals surface area contributed by atoms with Crippen molar-refractivity contribution in [2.45, 2.75) is 13.0 Å². The number of hydrogen-bond donors (Lipinski definition) is 3. The Labute approximate surface area is 86.7 Å². The summed E-state index contributed by atoms with van der Waals surface area (Å²) in [5.74, 6) is -0.816. The average molecular weight is 209 g/mol. The molecule has 0 saturated carbocycles. The molecule has 0 saturated heterocycles. The van der Waals surface area contributed by atoms with Crippen molar-refractivity contribution < 1.29 is 9.18 Å². The first kappa shape index (κ1) is 9.92. The molecule has 1 amide bonds. The van der Waals surface area contributed by atoms with Crippen LogP contribution >= 0.6 is 0 Å². The van der Waals surface area contributed by atoms with Crippen LogP contribution in [0.5, 0.6) is 0 Å². The molecule has 1 aliphatic heterocycles. The lowest BCUT2D eigenvalue weighted by molar-refractivity contribution is -0.117. The van der Waals surface area contributed by atoms with Gasteiger partial charge in [0, 0.05) is 6.54 Å². The maximum absolute atomic E-state index is 13.5. The van der Waals surface area contributed by atoms with Crippen molar-refractivity contribution in [2.24, 2.45) is 5.73 Å². The third-order valence-corrected chi connectivity index (χ3v) is 2.33. The zero-order valence-corrected chi connectivity index (χ0v) is 8.30. The first-order valence-corrected chi connectivity index (χ1v) is 4.68. The van der Waals surface area contributed by atoms with Gasteiger partial charge in [-0.25, -0.2) is 4.39 Å². The van der Waals surface area contributed by atoms with Crippen molar-refractivity contribution in [3.8, 4) is 0 Å². The van der Waals surface area contributed by atoms with Crippen molar-refractivity contribution in [2.75, 3.05) is 17.2 Å². The average Bonchev–Trinajstić information content (AvgIpc) is 2.30. The number of carbonyl (C=O) groups excluding carboxylic acids is 1. The van der Waals surface area contributed by atoms with Gasteiger partial charge in [0.2, 0.25) is 5.91 Å². The number of anilines is 2. The molecule has 1 aromatic carbocycles. The van der Waals surface area contributed by atoms with E-state index in [0.717, 1.165) is 5.56 Å². The maximum Gasteiger partial charge on any atom is 0.243 e. The van der Waals surface area contributed by atoms with Gasteiger partial charge in [0.25, 0.3) is 0 Å². The molecular formula is C10H12FN3O. The molecule has 1 aliphatic rings. The molecule has 5 heteroatoms. The van der Waals surface area contributed by atoms with Crippen LogP contribution in [0.25, 0.3) is 0 Å². The van der Waals surface area contributed by atoms with Crippen LogP contribution in [-0.2, 0) is 4.79 Å². The van der Waals surface area contributed by atoms with E-state index in [1.807, 2.05) is 0 Å². The Morgan fingerprint density at radius 3 is 3.00 bits per heavy atom. The van der Waals surface area contributed by atoms with Gasteiger partial charge in [-0.2, -0.15) is 0 Å². The highest BCUT2D eigenvalue weighted by molar-refractivity contribution is 5.99. The highest BCUT2D eigenvalue weighted by Gasteiger charge is 2.22. The quantitative estimate of drug-likeness (QED) is 0.592. The molecule has 2 rings (SSSR count). The van der Waals surface area contributed by atoms with Crippen LogP contribution in [0.15, 0.2) is 12.1 Å². The zero-order chi connectivity index (χ0) is 11.0. The number of benzene rings is 1. The van der Waals surface area contributed by atoms with Crippen LogP contribution in [0.1, 0.15) is 5.56 Å². The second kappa shape index (κ2) is 3.51. The minimum Gasteiger partial charge on any atom is -0.381 e. The lowest BCUT2D eigenvalue weighted by Crippen LogP contribution is -2.39. The lowest BCUT2D eigenvalue weighted by Gasteiger charge is -2.09. The van der Waals surface area contributed by atoms with E-state index in [0.29, 0.717) is 12.2 Å². The Bertz CT molecular complexity index is 419. The molecule has 0 aliphatic carbocycles. The minimum atomic E-state index is -0.655. The predicted molar refractivity (Wildman–Crippen MR) is 56.2 cm³/mol. The van der Waals surface area contributed by atoms with Gasteiger partial charge in [-0.3, -0.25) is 4.79 Å². The van der Waals surface area contributed by atoms with Crippen molar-refractivity contribution >= 4 is 17.3 Å². The maximum atomic E-state index is 13.5. The monoisotopic (exact) mass is 209 g/mol. The first-order chi connectivity index (χ1) is 7.08. The summed E-state index contributed by atoms with van der Waals surface area (Å²) < 4.78 is 13.5. The number of rotatable bonds is 0. The van der Waals surface area contributed by atoms with Crippen LogP contribution in [0.3, 0.4) is 0 Å². The first-order valence-electron chi connectivity index (χ1n) is 4.68. The molecule has 4 N–H and O–H groups in total. The van der Waals surface area contributed by atoms with Crippen molar-refractivity contribution in [3.63, 3.8) is 0 Å². The van der Waals surface area contributed by atoms with E-state index in [9.17, 15) is 9.18 Å². The summed E-state index contributed by atoms with van der Waals surface area (Å²) in [6, 6.07) is 2.49. The fourth-order valence-electron chi connectivity index (χ4n) is 1.54. The summed E-state index contributed by atoms with van der Waals surface area (Å²) in [5.41, 5.74) is 7.10. The van der Waals surface area contributed by atoms with Crippen LogP contribution < -0.4 is 16.4 Å². The predicted octanol–water partition coefficient (Wildman–Crippen LogP) is 0.825. The van der Waals surface area contributed by atoms with Crippen LogP contribution in [0.2, 0.25) is 0 Å². The van der Waals surface area contributed by atoms with Gasteiger partial charge >= 0.3 is 0 Å². The number of carbonyl (C=O) groups is 1. The van der Waals surface area contributed by atoms with Gasteiger partial charge in [-0.05, 0) is 24.6 Å². The Balaban J connectivity index is 2.47. The van der Waals surface area contributed by atoms with Crippen molar-refractivity contribution in [3.05, 3.63) is 23.5 Å². The highest BCUT2D eigenvalue weighted by Crippen LogP contribution is 2.28. The second-order valence-electron chi connectivity index (χ2n) is 3.65. The van der Waals surface area contributed by atoms with Gasteiger partial charge in [0.05, 0.1) is 5.69 Å². The van der Waals surface area contributed by atoms with Crippen molar-refractivity contribution in [1.29, 1.82) is 0 Å². The molecular weight excluding hydrogens is 197 g/mol. The zero-order valence-electron chi connectivity index (χ0n) is 8.30. The Morgan fingerprint density at radius 1 is 1.53 bits per heavy atom. The molecule has 0 fully saturated rings. The van der Waals surface area contributed by atoms with Gasteiger partial charge in [-0.1, -0.05) is 0 Å². The third-order valence-electron chi connectivity index (χ3n) is 2.33. The summed E-state index contributed by atoms with van der Waals surface area (Å²) in [6.45, 7) is 2.10. The molecule has 1 atom stereocenters. The second-order valence-corrected chi connectivity index (χ2v) is 3.65. The van der Waals surface area contributed by atoms with Gasteiger partial charge in [0.1, 0.15) is 17.5 Å². The van der Waals surface area contributed by atoms with E-state index in [4.69, 9.17) is 5.73 Å². The van der Waals surface area contributed by atoms with Crippen LogP contribution in [0.4, 0.5) is 15.8 Å². The Morgan fingerprint density at radius 2 is 2.27 bits per heavy atom. The van der Waals surface area contributed by atoms with Gasteiger partial charge < -0.3 is 16.4 Å². The molecule has 0 bridgehead atoms. The summed E-state index contributed by atoms with van der Waals surface area (Å²) >= 11 is 0. The number of amides is 1. The largest absolute Gasteiger partial charge is 0.381 e. The molecule has 1 aromatic rings. The van der Waals surface area contributed by atoms with Crippen LogP contribution in [0, 0.1) is 12.7 Å². The van der Waals surface area contributed by atoms with E-state index in [1.54, 1.807) is 13.0 Å². The minimum absolute atomic E-state index is 0.179. The third kappa shape index (κ3) is 1.78. The summed E-state index contributed by atoms with van der Waals surface area (Å²) in [7, 11) is 0. The van der Waals surface area contributed by atoms with Crippen molar-refractivity contribution in [1.82, 2.24) is 0 Å². The smallest absolute Gasteiger partial charge is 0.243 e. The SMILES string of the molecule is Cc1cc(F)c2c(c1)NC[C@H](N)C(=O)N2. The summed E-state index contributed by atoms with van der Waals surface area (Å²) in [5, 5.41) is 5.40. The standard InChI is InChI=1S/C10H12FN3O/c1-5-2-6(11)9-8(3-5)13-4-7(12)10(15)14-9/h2-3,7,13H,4,12H2,1H3,(H,14,15)/t7-/m0/s1. The number of halogens is 1. The fourth-order valence-corrected chi connectivity index (χ4v) is 1.54. The number of aryl methyl sites for hydroxylation is 1. The Hall–Kier alpha value is -1.62. The van der Waals surface area contributed by atoms with Gasteiger partial charge in [-0.15, -0.1) is 0 Å². The van der Waals surface area contributed by atoms with E-state index < -0.39 is 11.9 Å². The fraction of sp³-hybridized carbons (Fsp3) is 0.300. The summed E-state index contributed by atoms with van der Waals surface area (Å²) in [4.78, 5) is 11.4. The van der Waals surface area contributed by atoms with E-state index in [1.165, 1.54) is 6.07 Å². The number of nitrogens with two attached hydrogens (primary N) is 1. The Kier molecular flexibility index (Phi) is 2.32. The van der Waals surface area contributed by atoms with Crippen LogP contribution in [-0.4, -0.2) is 18.5 Å². The molecule has 0 spiro atoms. The highest BCUT2D eigenvalue weighted by atomic mass is 19.1. The number of nitrogens with one attached hydrogen (secondary N) is 2. The molecule has 15 heavy (non-hydrogen) atoms. The molecule has 4 nitrogen and oxygen atoms in total. The molecule has 0 aromatic heterocycles. The molecule has 0 unspecified atom stereocenters. The lowest BCUT2D eigenvalue weighted by atomic mass is 10.2. The van der Waals surface area contributed by atoms with E-state index in [2.05, 4.69) is 10.6 Å².